The first-order valence-corrected chi connectivity index (χ1v) is 6.43. The molecule has 88 valence electrons. The molecule has 0 amide bonds. The van der Waals surface area contributed by atoms with Crippen molar-refractivity contribution in [2.75, 3.05) is 17.7 Å². The van der Waals surface area contributed by atoms with Crippen molar-refractivity contribution in [3.05, 3.63) is 24.5 Å². The molecule has 2 heterocycles. The van der Waals surface area contributed by atoms with E-state index in [4.69, 9.17) is 5.73 Å². The van der Waals surface area contributed by atoms with Crippen LogP contribution in [0.4, 0.5) is 10.8 Å². The number of pyridine rings is 1. The summed E-state index contributed by atoms with van der Waals surface area (Å²) in [4.78, 5) is 6.43. The molecule has 1 saturated carbocycles. The SMILES string of the molecule is CN(c1snc(N)c1-c1cccnc1)C1CC1. The van der Waals surface area contributed by atoms with Gasteiger partial charge < -0.3 is 10.6 Å². The van der Waals surface area contributed by atoms with Crippen molar-refractivity contribution in [1.82, 2.24) is 9.36 Å². The quantitative estimate of drug-likeness (QED) is 0.903. The molecule has 2 aromatic heterocycles. The van der Waals surface area contributed by atoms with Gasteiger partial charge in [-0.2, -0.15) is 4.37 Å². The minimum Gasteiger partial charge on any atom is -0.382 e. The van der Waals surface area contributed by atoms with E-state index in [0.717, 1.165) is 16.1 Å². The molecule has 2 aromatic rings. The maximum atomic E-state index is 5.98. The Morgan fingerprint density at radius 1 is 1.47 bits per heavy atom. The van der Waals surface area contributed by atoms with Gasteiger partial charge in [-0.3, -0.25) is 4.98 Å². The average Bonchev–Trinajstić information content (AvgIpc) is 3.13. The van der Waals surface area contributed by atoms with Crippen molar-refractivity contribution < 1.29 is 0 Å². The second-order valence-electron chi connectivity index (χ2n) is 4.33. The van der Waals surface area contributed by atoms with E-state index in [0.29, 0.717) is 11.9 Å². The van der Waals surface area contributed by atoms with Gasteiger partial charge >= 0.3 is 0 Å². The fraction of sp³-hybridized carbons (Fsp3) is 0.333. The molecule has 3 rings (SSSR count). The molecule has 1 aliphatic rings. The highest BCUT2D eigenvalue weighted by atomic mass is 32.1. The highest BCUT2D eigenvalue weighted by Gasteiger charge is 2.30. The number of hydrogen-bond acceptors (Lipinski definition) is 5. The summed E-state index contributed by atoms with van der Waals surface area (Å²) in [6.45, 7) is 0. The van der Waals surface area contributed by atoms with Crippen LogP contribution >= 0.6 is 11.5 Å². The van der Waals surface area contributed by atoms with Gasteiger partial charge in [-0.05, 0) is 30.4 Å². The summed E-state index contributed by atoms with van der Waals surface area (Å²) >= 11 is 1.47. The van der Waals surface area contributed by atoms with Crippen LogP contribution < -0.4 is 10.6 Å². The largest absolute Gasteiger partial charge is 0.382 e. The number of nitrogen functional groups attached to an aromatic ring is 1. The Kier molecular flexibility index (Phi) is 2.48. The lowest BCUT2D eigenvalue weighted by Crippen LogP contribution is -2.18. The number of anilines is 2. The van der Waals surface area contributed by atoms with Gasteiger partial charge in [-0.25, -0.2) is 0 Å². The summed E-state index contributed by atoms with van der Waals surface area (Å²) in [6, 6.07) is 4.61. The van der Waals surface area contributed by atoms with E-state index < -0.39 is 0 Å². The molecule has 0 spiro atoms. The first-order chi connectivity index (χ1) is 8.27. The lowest BCUT2D eigenvalue weighted by atomic mass is 10.1. The van der Waals surface area contributed by atoms with Gasteiger partial charge in [0.15, 0.2) is 0 Å². The minimum absolute atomic E-state index is 0.602. The van der Waals surface area contributed by atoms with E-state index >= 15 is 0 Å². The molecule has 0 radical (unpaired) electrons. The Morgan fingerprint density at radius 2 is 2.29 bits per heavy atom. The third-order valence-electron chi connectivity index (χ3n) is 3.07. The van der Waals surface area contributed by atoms with Crippen LogP contribution in [0.1, 0.15) is 12.8 Å². The average molecular weight is 246 g/mol. The molecule has 5 heteroatoms. The predicted octanol–water partition coefficient (Wildman–Crippen LogP) is 2.39. The standard InChI is InChI=1S/C12H14N4S/c1-16(9-4-5-9)12-10(11(13)15-17-12)8-3-2-6-14-7-8/h2-3,6-7,9H,4-5H2,1H3,(H2,13,15). The van der Waals surface area contributed by atoms with Crippen molar-refractivity contribution in [2.45, 2.75) is 18.9 Å². The zero-order chi connectivity index (χ0) is 11.8. The molecule has 0 aromatic carbocycles. The molecular formula is C12H14N4S. The van der Waals surface area contributed by atoms with Crippen LogP contribution in [0.15, 0.2) is 24.5 Å². The zero-order valence-electron chi connectivity index (χ0n) is 9.63. The smallest absolute Gasteiger partial charge is 0.147 e. The van der Waals surface area contributed by atoms with Gasteiger partial charge in [-0.1, -0.05) is 6.07 Å². The van der Waals surface area contributed by atoms with Crippen LogP contribution in [0, 0.1) is 0 Å². The van der Waals surface area contributed by atoms with Crippen LogP contribution in [-0.2, 0) is 0 Å². The Labute approximate surface area is 104 Å². The van der Waals surface area contributed by atoms with Crippen LogP contribution in [0.25, 0.3) is 11.1 Å². The highest BCUT2D eigenvalue weighted by molar-refractivity contribution is 7.11. The molecule has 0 saturated heterocycles. The van der Waals surface area contributed by atoms with Crippen molar-refractivity contribution in [1.29, 1.82) is 0 Å². The van der Waals surface area contributed by atoms with Crippen LogP contribution in [0.2, 0.25) is 0 Å². The van der Waals surface area contributed by atoms with Crippen LogP contribution in [0.5, 0.6) is 0 Å². The van der Waals surface area contributed by atoms with Crippen LogP contribution in [0.3, 0.4) is 0 Å². The van der Waals surface area contributed by atoms with Gasteiger partial charge in [0.2, 0.25) is 0 Å². The third kappa shape index (κ3) is 1.86. The number of nitrogens with two attached hydrogens (primary N) is 1. The Bertz CT molecular complexity index is 519. The Morgan fingerprint density at radius 3 is 2.94 bits per heavy atom. The fourth-order valence-electron chi connectivity index (χ4n) is 1.94. The second kappa shape index (κ2) is 4.00. The number of rotatable bonds is 3. The van der Waals surface area contributed by atoms with Crippen molar-refractivity contribution >= 4 is 22.4 Å². The van der Waals surface area contributed by atoms with Crippen LogP contribution in [-0.4, -0.2) is 22.4 Å². The predicted molar refractivity (Wildman–Crippen MR) is 71.2 cm³/mol. The molecular weight excluding hydrogens is 232 g/mol. The molecule has 17 heavy (non-hydrogen) atoms. The first kappa shape index (κ1) is 10.5. The van der Waals surface area contributed by atoms with E-state index in [1.807, 2.05) is 18.3 Å². The number of aromatic nitrogens is 2. The van der Waals surface area contributed by atoms with Crippen molar-refractivity contribution in [3.63, 3.8) is 0 Å². The molecule has 1 aliphatic carbocycles. The minimum atomic E-state index is 0.602. The van der Waals surface area contributed by atoms with E-state index in [9.17, 15) is 0 Å². The first-order valence-electron chi connectivity index (χ1n) is 5.65. The summed E-state index contributed by atoms with van der Waals surface area (Å²) in [5, 5.41) is 1.15. The number of hydrogen-bond donors (Lipinski definition) is 1. The number of nitrogens with zero attached hydrogens (tertiary/aromatic N) is 3. The monoisotopic (exact) mass is 246 g/mol. The van der Waals surface area contributed by atoms with Gasteiger partial charge in [0, 0.05) is 31.0 Å². The summed E-state index contributed by atoms with van der Waals surface area (Å²) < 4.78 is 4.27. The summed E-state index contributed by atoms with van der Waals surface area (Å²) in [7, 11) is 2.12. The second-order valence-corrected chi connectivity index (χ2v) is 5.08. The zero-order valence-corrected chi connectivity index (χ0v) is 10.4. The third-order valence-corrected chi connectivity index (χ3v) is 4.02. The lowest BCUT2D eigenvalue weighted by molar-refractivity contribution is 0.930. The summed E-state index contributed by atoms with van der Waals surface area (Å²) in [5.41, 5.74) is 8.04. The Balaban J connectivity index is 2.06. The highest BCUT2D eigenvalue weighted by Crippen LogP contribution is 2.42. The molecule has 0 aliphatic heterocycles. The van der Waals surface area contributed by atoms with Crippen molar-refractivity contribution in [3.8, 4) is 11.1 Å². The van der Waals surface area contributed by atoms with Gasteiger partial charge in [0.1, 0.15) is 10.8 Å². The normalized spacial score (nSPS) is 14.9. The molecule has 1 fully saturated rings. The van der Waals surface area contributed by atoms with E-state index in [2.05, 4.69) is 21.3 Å². The molecule has 0 bridgehead atoms. The van der Waals surface area contributed by atoms with E-state index in [-0.39, 0.29) is 0 Å². The maximum absolute atomic E-state index is 5.98. The Hall–Kier alpha value is -1.62. The van der Waals surface area contributed by atoms with E-state index in [1.54, 1.807) is 6.20 Å². The molecule has 0 unspecified atom stereocenters. The lowest BCUT2D eigenvalue weighted by Gasteiger charge is -2.17. The molecule has 2 N–H and O–H groups in total. The molecule has 0 atom stereocenters. The van der Waals surface area contributed by atoms with Gasteiger partial charge in [0.25, 0.3) is 0 Å². The molecule has 4 nitrogen and oxygen atoms in total. The van der Waals surface area contributed by atoms with Crippen molar-refractivity contribution in [2.24, 2.45) is 0 Å². The summed E-state index contributed by atoms with van der Waals surface area (Å²) in [5.74, 6) is 0.602. The topological polar surface area (TPSA) is 55.0 Å². The van der Waals surface area contributed by atoms with Gasteiger partial charge in [0.05, 0.1) is 5.56 Å². The fourth-order valence-corrected chi connectivity index (χ4v) is 2.81. The summed E-state index contributed by atoms with van der Waals surface area (Å²) in [6.07, 6.45) is 6.13. The van der Waals surface area contributed by atoms with Gasteiger partial charge in [-0.15, -0.1) is 0 Å². The van der Waals surface area contributed by atoms with E-state index in [1.165, 1.54) is 24.4 Å². The maximum Gasteiger partial charge on any atom is 0.147 e.